The number of nitrogens with one attached hydrogen (secondary N) is 1. The first-order valence-electron chi connectivity index (χ1n) is 8.55. The van der Waals surface area contributed by atoms with Crippen molar-refractivity contribution in [3.8, 4) is 0 Å². The molecule has 3 rings (SSSR count). The number of amides is 1. The highest BCUT2D eigenvalue weighted by atomic mass is 16.2. The Bertz CT molecular complexity index is 661. The first-order chi connectivity index (χ1) is 11.6. The molecule has 1 aliphatic rings. The Morgan fingerprint density at radius 2 is 1.58 bits per heavy atom. The first kappa shape index (κ1) is 16.5. The molecule has 1 saturated heterocycles. The molecule has 2 aromatic rings. The fourth-order valence-electron chi connectivity index (χ4n) is 3.06. The summed E-state index contributed by atoms with van der Waals surface area (Å²) in [5.74, 6) is 0.0602. The molecule has 126 valence electrons. The number of para-hydroxylation sites is 1. The lowest BCUT2D eigenvalue weighted by Gasteiger charge is -2.38. The summed E-state index contributed by atoms with van der Waals surface area (Å²) in [5, 5.41) is 2.99. The van der Waals surface area contributed by atoms with Gasteiger partial charge in [0.25, 0.3) is 0 Å². The average Bonchev–Trinajstić information content (AvgIpc) is 2.63. The number of hydrogen-bond acceptors (Lipinski definition) is 3. The van der Waals surface area contributed by atoms with Gasteiger partial charge in [0.2, 0.25) is 5.91 Å². The third-order valence-corrected chi connectivity index (χ3v) is 4.68. The first-order valence-corrected chi connectivity index (χ1v) is 8.55. The second kappa shape index (κ2) is 7.49. The lowest BCUT2D eigenvalue weighted by molar-refractivity contribution is -0.120. The Labute approximate surface area is 144 Å². The Kier molecular flexibility index (Phi) is 5.16. The molecular formula is C20H25N3O. The molecule has 0 aromatic heterocycles. The number of hydrogen-bond donors (Lipinski definition) is 1. The SMILES string of the molecule is Cc1ccc(N2CCN([C@@H](C)C(=O)Nc3ccccc3)CC2)cc1. The Balaban J connectivity index is 1.54. The fraction of sp³-hybridized carbons (Fsp3) is 0.350. The van der Waals surface area contributed by atoms with Crippen molar-refractivity contribution in [3.05, 3.63) is 60.2 Å². The van der Waals surface area contributed by atoms with Crippen molar-refractivity contribution in [1.29, 1.82) is 0 Å². The highest BCUT2D eigenvalue weighted by molar-refractivity contribution is 5.94. The van der Waals surface area contributed by atoms with Crippen LogP contribution >= 0.6 is 0 Å². The van der Waals surface area contributed by atoms with Crippen LogP contribution in [-0.2, 0) is 4.79 Å². The summed E-state index contributed by atoms with van der Waals surface area (Å²) in [7, 11) is 0. The minimum atomic E-state index is -0.120. The van der Waals surface area contributed by atoms with E-state index in [0.29, 0.717) is 0 Å². The molecule has 0 bridgehead atoms. The number of benzene rings is 2. The summed E-state index contributed by atoms with van der Waals surface area (Å²) in [6, 6.07) is 18.2. The predicted octanol–water partition coefficient (Wildman–Crippen LogP) is 3.14. The zero-order chi connectivity index (χ0) is 16.9. The molecule has 1 aliphatic heterocycles. The minimum absolute atomic E-state index is 0.0602. The average molecular weight is 323 g/mol. The third-order valence-electron chi connectivity index (χ3n) is 4.68. The van der Waals surface area contributed by atoms with E-state index in [4.69, 9.17) is 0 Å². The van der Waals surface area contributed by atoms with Crippen LogP contribution in [0.5, 0.6) is 0 Å². The lowest BCUT2D eigenvalue weighted by Crippen LogP contribution is -2.52. The molecule has 24 heavy (non-hydrogen) atoms. The number of carbonyl (C=O) groups excluding carboxylic acids is 1. The van der Waals surface area contributed by atoms with E-state index < -0.39 is 0 Å². The quantitative estimate of drug-likeness (QED) is 0.939. The maximum atomic E-state index is 12.4. The van der Waals surface area contributed by atoms with E-state index in [1.54, 1.807) is 0 Å². The van der Waals surface area contributed by atoms with Crippen LogP contribution in [0.1, 0.15) is 12.5 Å². The molecule has 2 aromatic carbocycles. The monoisotopic (exact) mass is 323 g/mol. The van der Waals surface area contributed by atoms with Gasteiger partial charge in [0.1, 0.15) is 0 Å². The molecule has 0 spiro atoms. The van der Waals surface area contributed by atoms with Crippen molar-refractivity contribution in [2.24, 2.45) is 0 Å². The second-order valence-electron chi connectivity index (χ2n) is 6.39. The summed E-state index contributed by atoms with van der Waals surface area (Å²) in [4.78, 5) is 17.1. The van der Waals surface area contributed by atoms with Crippen molar-refractivity contribution < 1.29 is 4.79 Å². The number of aryl methyl sites for hydroxylation is 1. The van der Waals surface area contributed by atoms with Crippen LogP contribution in [0.15, 0.2) is 54.6 Å². The smallest absolute Gasteiger partial charge is 0.241 e. The molecule has 1 atom stereocenters. The maximum Gasteiger partial charge on any atom is 0.241 e. The molecular weight excluding hydrogens is 298 g/mol. The van der Waals surface area contributed by atoms with Gasteiger partial charge in [0.05, 0.1) is 6.04 Å². The lowest BCUT2D eigenvalue weighted by atomic mass is 10.1. The van der Waals surface area contributed by atoms with E-state index in [0.717, 1.165) is 31.9 Å². The molecule has 4 nitrogen and oxygen atoms in total. The summed E-state index contributed by atoms with van der Waals surface area (Å²) in [5.41, 5.74) is 3.40. The largest absolute Gasteiger partial charge is 0.369 e. The van der Waals surface area contributed by atoms with Gasteiger partial charge in [-0.1, -0.05) is 35.9 Å². The Morgan fingerprint density at radius 1 is 0.958 bits per heavy atom. The van der Waals surface area contributed by atoms with E-state index in [9.17, 15) is 4.79 Å². The van der Waals surface area contributed by atoms with Crippen LogP contribution in [0.4, 0.5) is 11.4 Å². The second-order valence-corrected chi connectivity index (χ2v) is 6.39. The summed E-state index contributed by atoms with van der Waals surface area (Å²) in [6.45, 7) is 7.79. The number of anilines is 2. The summed E-state index contributed by atoms with van der Waals surface area (Å²) >= 11 is 0. The number of carbonyl (C=O) groups is 1. The number of nitrogens with zero attached hydrogens (tertiary/aromatic N) is 2. The summed E-state index contributed by atoms with van der Waals surface area (Å²) < 4.78 is 0. The van der Waals surface area contributed by atoms with E-state index in [-0.39, 0.29) is 11.9 Å². The van der Waals surface area contributed by atoms with E-state index in [1.807, 2.05) is 37.3 Å². The van der Waals surface area contributed by atoms with E-state index >= 15 is 0 Å². The molecule has 0 aliphatic carbocycles. The van der Waals surface area contributed by atoms with Gasteiger partial charge >= 0.3 is 0 Å². The molecule has 1 heterocycles. The van der Waals surface area contributed by atoms with Crippen LogP contribution in [0.25, 0.3) is 0 Å². The van der Waals surface area contributed by atoms with Gasteiger partial charge in [-0.05, 0) is 38.1 Å². The van der Waals surface area contributed by atoms with Crippen molar-refractivity contribution in [3.63, 3.8) is 0 Å². The van der Waals surface area contributed by atoms with Gasteiger partial charge in [0, 0.05) is 37.6 Å². The molecule has 0 radical (unpaired) electrons. The van der Waals surface area contributed by atoms with Crippen LogP contribution in [0, 0.1) is 6.92 Å². The van der Waals surface area contributed by atoms with Gasteiger partial charge in [0.15, 0.2) is 0 Å². The van der Waals surface area contributed by atoms with Gasteiger partial charge in [-0.25, -0.2) is 0 Å². The number of piperazine rings is 1. The minimum Gasteiger partial charge on any atom is -0.369 e. The van der Waals surface area contributed by atoms with Gasteiger partial charge in [-0.3, -0.25) is 9.69 Å². The van der Waals surface area contributed by atoms with Crippen molar-refractivity contribution in [2.75, 3.05) is 36.4 Å². The standard InChI is InChI=1S/C20H25N3O/c1-16-8-10-19(11-9-16)23-14-12-22(13-15-23)17(2)20(24)21-18-6-4-3-5-7-18/h3-11,17H,12-15H2,1-2H3,(H,21,24)/t17-/m0/s1. The van der Waals surface area contributed by atoms with Crippen LogP contribution < -0.4 is 10.2 Å². The van der Waals surface area contributed by atoms with Crippen LogP contribution in [0.2, 0.25) is 0 Å². The summed E-state index contributed by atoms with van der Waals surface area (Å²) in [6.07, 6.45) is 0. The Hall–Kier alpha value is -2.33. The topological polar surface area (TPSA) is 35.6 Å². The fourth-order valence-corrected chi connectivity index (χ4v) is 3.06. The highest BCUT2D eigenvalue weighted by Crippen LogP contribution is 2.18. The van der Waals surface area contributed by atoms with Crippen molar-refractivity contribution in [1.82, 2.24) is 4.90 Å². The Morgan fingerprint density at radius 3 is 2.21 bits per heavy atom. The molecule has 1 fully saturated rings. The molecule has 1 amide bonds. The predicted molar refractivity (Wildman–Crippen MR) is 99.5 cm³/mol. The van der Waals surface area contributed by atoms with Gasteiger partial charge in [-0.15, -0.1) is 0 Å². The highest BCUT2D eigenvalue weighted by Gasteiger charge is 2.25. The zero-order valence-electron chi connectivity index (χ0n) is 14.4. The normalized spacial score (nSPS) is 16.7. The van der Waals surface area contributed by atoms with Gasteiger partial charge in [-0.2, -0.15) is 0 Å². The molecule has 4 heteroatoms. The zero-order valence-corrected chi connectivity index (χ0v) is 14.4. The molecule has 1 N–H and O–H groups in total. The third kappa shape index (κ3) is 3.95. The van der Waals surface area contributed by atoms with Gasteiger partial charge < -0.3 is 10.2 Å². The van der Waals surface area contributed by atoms with Crippen molar-refractivity contribution >= 4 is 17.3 Å². The number of rotatable bonds is 4. The van der Waals surface area contributed by atoms with E-state index in [2.05, 4.69) is 46.3 Å². The van der Waals surface area contributed by atoms with E-state index in [1.165, 1.54) is 11.3 Å². The van der Waals surface area contributed by atoms with Crippen LogP contribution in [-0.4, -0.2) is 43.0 Å². The molecule has 0 unspecified atom stereocenters. The molecule has 0 saturated carbocycles. The maximum absolute atomic E-state index is 12.4. The van der Waals surface area contributed by atoms with Crippen LogP contribution in [0.3, 0.4) is 0 Å². The van der Waals surface area contributed by atoms with Crippen molar-refractivity contribution in [2.45, 2.75) is 19.9 Å².